The van der Waals surface area contributed by atoms with Crippen LogP contribution in [0.1, 0.15) is 12.2 Å². The first-order valence-electron chi connectivity index (χ1n) is 6.79. The number of carbonyl (C=O) groups is 1. The molecule has 21 heavy (non-hydrogen) atoms. The van der Waals surface area contributed by atoms with Crippen LogP contribution in [-0.2, 0) is 4.79 Å². The second-order valence-corrected chi connectivity index (χ2v) is 4.99. The molecule has 112 valence electrons. The molecular weight excluding hydrogens is 268 g/mol. The summed E-state index contributed by atoms with van der Waals surface area (Å²) in [6.45, 7) is 2.33. The van der Waals surface area contributed by atoms with Gasteiger partial charge < -0.3 is 20.1 Å². The Morgan fingerprint density at radius 2 is 2.00 bits per heavy atom. The first-order valence-corrected chi connectivity index (χ1v) is 6.79. The van der Waals surface area contributed by atoms with Gasteiger partial charge in [-0.2, -0.15) is 0 Å². The van der Waals surface area contributed by atoms with E-state index in [9.17, 15) is 4.79 Å². The molecule has 0 fully saturated rings. The maximum absolute atomic E-state index is 11.8. The van der Waals surface area contributed by atoms with Crippen molar-refractivity contribution in [2.24, 2.45) is 0 Å². The summed E-state index contributed by atoms with van der Waals surface area (Å²) in [6.07, 6.45) is 0.362. The molecule has 6 heteroatoms. The molecule has 6 nitrogen and oxygen atoms in total. The number of aryl methyl sites for hydroxylation is 1. The molecule has 0 unspecified atom stereocenters. The lowest BCUT2D eigenvalue weighted by molar-refractivity contribution is -0.115. The van der Waals surface area contributed by atoms with E-state index in [1.54, 1.807) is 6.07 Å². The van der Waals surface area contributed by atoms with E-state index in [2.05, 4.69) is 15.8 Å². The van der Waals surface area contributed by atoms with Crippen LogP contribution >= 0.6 is 0 Å². The van der Waals surface area contributed by atoms with Crippen LogP contribution in [0.2, 0.25) is 0 Å². The summed E-state index contributed by atoms with van der Waals surface area (Å²) >= 11 is 0. The van der Waals surface area contributed by atoms with Gasteiger partial charge in [-0.3, -0.25) is 4.79 Å². The summed E-state index contributed by atoms with van der Waals surface area (Å²) in [7, 11) is 3.95. The Morgan fingerprint density at radius 1 is 1.29 bits per heavy atom. The smallest absolute Gasteiger partial charge is 0.226 e. The average Bonchev–Trinajstić information content (AvgIpc) is 2.85. The SMILES string of the molecule is Cc1cc(NCCC(=O)Nc2ccc(N(C)C)cc2)no1. The summed E-state index contributed by atoms with van der Waals surface area (Å²) in [6, 6.07) is 9.50. The van der Waals surface area contributed by atoms with E-state index in [4.69, 9.17) is 4.52 Å². The fraction of sp³-hybridized carbons (Fsp3) is 0.333. The Balaban J connectivity index is 1.76. The third-order valence-electron chi connectivity index (χ3n) is 2.95. The third-order valence-corrected chi connectivity index (χ3v) is 2.95. The van der Waals surface area contributed by atoms with Crippen LogP contribution in [0.25, 0.3) is 0 Å². The van der Waals surface area contributed by atoms with Gasteiger partial charge in [0.2, 0.25) is 5.91 Å². The van der Waals surface area contributed by atoms with Crippen molar-refractivity contribution in [1.29, 1.82) is 0 Å². The van der Waals surface area contributed by atoms with E-state index in [0.29, 0.717) is 18.8 Å². The molecule has 0 aliphatic heterocycles. The van der Waals surface area contributed by atoms with Crippen LogP contribution in [0.15, 0.2) is 34.9 Å². The topological polar surface area (TPSA) is 70.4 Å². The van der Waals surface area contributed by atoms with E-state index < -0.39 is 0 Å². The second kappa shape index (κ2) is 6.78. The van der Waals surface area contributed by atoms with Crippen LogP contribution in [0.5, 0.6) is 0 Å². The van der Waals surface area contributed by atoms with Gasteiger partial charge in [0.15, 0.2) is 5.82 Å². The van der Waals surface area contributed by atoms with Gasteiger partial charge in [0.25, 0.3) is 0 Å². The van der Waals surface area contributed by atoms with Crippen molar-refractivity contribution in [2.45, 2.75) is 13.3 Å². The van der Waals surface area contributed by atoms with Crippen LogP contribution in [0.4, 0.5) is 17.2 Å². The zero-order valence-corrected chi connectivity index (χ0v) is 12.5. The highest BCUT2D eigenvalue weighted by molar-refractivity contribution is 5.91. The van der Waals surface area contributed by atoms with Crippen LogP contribution in [0.3, 0.4) is 0 Å². The van der Waals surface area contributed by atoms with Crippen molar-refractivity contribution in [2.75, 3.05) is 36.2 Å². The lowest BCUT2D eigenvalue weighted by atomic mass is 10.2. The Hall–Kier alpha value is -2.50. The van der Waals surface area contributed by atoms with Crippen molar-refractivity contribution in [1.82, 2.24) is 5.16 Å². The molecule has 0 saturated heterocycles. The van der Waals surface area contributed by atoms with E-state index in [0.717, 1.165) is 17.1 Å². The molecule has 1 heterocycles. The fourth-order valence-electron chi connectivity index (χ4n) is 1.82. The highest BCUT2D eigenvalue weighted by Gasteiger charge is 2.04. The van der Waals surface area contributed by atoms with E-state index in [-0.39, 0.29) is 5.91 Å². The number of nitrogens with one attached hydrogen (secondary N) is 2. The zero-order chi connectivity index (χ0) is 15.2. The molecule has 1 amide bonds. The monoisotopic (exact) mass is 288 g/mol. The predicted molar refractivity (Wildman–Crippen MR) is 83.7 cm³/mol. The fourth-order valence-corrected chi connectivity index (χ4v) is 1.82. The molecule has 2 aromatic rings. The van der Waals surface area contributed by atoms with Gasteiger partial charge in [-0.25, -0.2) is 0 Å². The third kappa shape index (κ3) is 4.52. The first-order chi connectivity index (χ1) is 10.0. The number of hydrogen-bond donors (Lipinski definition) is 2. The molecule has 0 aliphatic rings. The maximum atomic E-state index is 11.8. The number of carbonyl (C=O) groups excluding carboxylic acids is 1. The van der Waals surface area contributed by atoms with Crippen molar-refractivity contribution in [3.8, 4) is 0 Å². The van der Waals surface area contributed by atoms with Crippen molar-refractivity contribution in [3.05, 3.63) is 36.1 Å². The standard InChI is InChI=1S/C15H20N4O2/c1-11-10-14(18-21-11)16-9-8-15(20)17-12-4-6-13(7-5-12)19(2)3/h4-7,10H,8-9H2,1-3H3,(H,16,18)(H,17,20). The van der Waals surface area contributed by atoms with Gasteiger partial charge in [-0.15, -0.1) is 0 Å². The van der Waals surface area contributed by atoms with Gasteiger partial charge >= 0.3 is 0 Å². The lowest BCUT2D eigenvalue weighted by Crippen LogP contribution is -2.16. The molecule has 0 saturated carbocycles. The Morgan fingerprint density at radius 3 is 2.57 bits per heavy atom. The average molecular weight is 288 g/mol. The van der Waals surface area contributed by atoms with Crippen molar-refractivity contribution >= 4 is 23.1 Å². The van der Waals surface area contributed by atoms with Gasteiger partial charge in [0.05, 0.1) is 0 Å². The minimum absolute atomic E-state index is 0.0414. The number of nitrogens with zero attached hydrogens (tertiary/aromatic N) is 2. The summed E-state index contributed by atoms with van der Waals surface area (Å²) < 4.78 is 4.93. The lowest BCUT2D eigenvalue weighted by Gasteiger charge is -2.13. The van der Waals surface area contributed by atoms with Crippen LogP contribution < -0.4 is 15.5 Å². The van der Waals surface area contributed by atoms with Gasteiger partial charge in [-0.1, -0.05) is 5.16 Å². The highest BCUT2D eigenvalue weighted by Crippen LogP contribution is 2.15. The molecule has 1 aromatic carbocycles. The first kappa shape index (κ1) is 14.9. The quantitative estimate of drug-likeness (QED) is 0.854. The number of rotatable bonds is 6. The number of amides is 1. The molecule has 0 spiro atoms. The van der Waals surface area contributed by atoms with Crippen molar-refractivity contribution in [3.63, 3.8) is 0 Å². The number of benzene rings is 1. The Bertz CT molecular complexity index is 590. The van der Waals surface area contributed by atoms with E-state index in [1.165, 1.54) is 0 Å². The van der Waals surface area contributed by atoms with Gasteiger partial charge in [-0.05, 0) is 31.2 Å². The minimum Gasteiger partial charge on any atom is -0.378 e. The normalized spacial score (nSPS) is 10.2. The minimum atomic E-state index is -0.0414. The van der Waals surface area contributed by atoms with E-state index in [1.807, 2.05) is 50.2 Å². The Labute approximate surface area is 124 Å². The largest absolute Gasteiger partial charge is 0.378 e. The number of aromatic nitrogens is 1. The summed E-state index contributed by atoms with van der Waals surface area (Å²) in [5.74, 6) is 1.35. The maximum Gasteiger partial charge on any atom is 0.226 e. The number of anilines is 3. The number of hydrogen-bond acceptors (Lipinski definition) is 5. The molecular formula is C15H20N4O2. The summed E-state index contributed by atoms with van der Waals surface area (Å²) in [5, 5.41) is 9.69. The van der Waals surface area contributed by atoms with Gasteiger partial charge in [0, 0.05) is 44.5 Å². The van der Waals surface area contributed by atoms with Crippen LogP contribution in [0, 0.1) is 6.92 Å². The molecule has 0 bridgehead atoms. The van der Waals surface area contributed by atoms with Crippen LogP contribution in [-0.4, -0.2) is 31.7 Å². The molecule has 0 radical (unpaired) electrons. The molecule has 2 N–H and O–H groups in total. The molecule has 0 atom stereocenters. The Kier molecular flexibility index (Phi) is 4.81. The van der Waals surface area contributed by atoms with E-state index >= 15 is 0 Å². The van der Waals surface area contributed by atoms with Crippen molar-refractivity contribution < 1.29 is 9.32 Å². The predicted octanol–water partition coefficient (Wildman–Crippen LogP) is 2.49. The summed E-state index contributed by atoms with van der Waals surface area (Å²) in [4.78, 5) is 13.8. The molecule has 2 rings (SSSR count). The zero-order valence-electron chi connectivity index (χ0n) is 12.5. The second-order valence-electron chi connectivity index (χ2n) is 4.99. The molecule has 1 aromatic heterocycles. The summed E-state index contributed by atoms with van der Waals surface area (Å²) in [5.41, 5.74) is 1.89. The highest BCUT2D eigenvalue weighted by atomic mass is 16.5. The van der Waals surface area contributed by atoms with Gasteiger partial charge in [0.1, 0.15) is 5.76 Å². The molecule has 0 aliphatic carbocycles.